The Bertz CT molecular complexity index is 1200. The summed E-state index contributed by atoms with van der Waals surface area (Å²) < 4.78 is 32.1. The first-order chi connectivity index (χ1) is 14.2. The van der Waals surface area contributed by atoms with E-state index in [9.17, 15) is 18.0 Å². The van der Waals surface area contributed by atoms with Crippen LogP contribution < -0.4 is 5.32 Å². The Labute approximate surface area is 179 Å². The Hall–Kier alpha value is -2.75. The Kier molecular flexibility index (Phi) is 6.25. The second-order valence-electron chi connectivity index (χ2n) is 6.89. The van der Waals surface area contributed by atoms with Crippen LogP contribution >= 0.6 is 11.3 Å². The fourth-order valence-corrected chi connectivity index (χ4v) is 5.26. The van der Waals surface area contributed by atoms with Gasteiger partial charge in [0.1, 0.15) is 4.88 Å². The molecule has 158 valence electrons. The van der Waals surface area contributed by atoms with Gasteiger partial charge in [0.15, 0.2) is 0 Å². The number of thiophene rings is 1. The molecule has 1 N–H and O–H groups in total. The van der Waals surface area contributed by atoms with Gasteiger partial charge in [-0.05, 0) is 44.2 Å². The van der Waals surface area contributed by atoms with Gasteiger partial charge in [-0.2, -0.15) is 4.31 Å². The third-order valence-electron chi connectivity index (χ3n) is 4.73. The van der Waals surface area contributed by atoms with Crippen molar-refractivity contribution in [1.29, 1.82) is 0 Å². The van der Waals surface area contributed by atoms with Crippen molar-refractivity contribution in [3.8, 4) is 0 Å². The highest BCUT2D eigenvalue weighted by molar-refractivity contribution is 7.89. The Morgan fingerprint density at radius 3 is 2.30 bits per heavy atom. The molecule has 0 aliphatic heterocycles. The molecule has 0 unspecified atom stereocenters. The maximum Gasteiger partial charge on any atom is 0.350 e. The zero-order chi connectivity index (χ0) is 22.1. The quantitative estimate of drug-likeness (QED) is 0.579. The van der Waals surface area contributed by atoms with Crippen LogP contribution in [0.25, 0.3) is 10.1 Å². The SMILES string of the molecule is COC(=O)c1sc2ccccc2c1NC(=O)c1ccc(S(=O)(=O)N(C)C(C)C)cc1. The number of carbonyl (C=O) groups excluding carboxylic acids is 2. The highest BCUT2D eigenvalue weighted by atomic mass is 32.2. The molecule has 0 radical (unpaired) electrons. The fraction of sp³-hybridized carbons (Fsp3) is 0.238. The minimum absolute atomic E-state index is 0.103. The lowest BCUT2D eigenvalue weighted by molar-refractivity contribution is 0.0607. The van der Waals surface area contributed by atoms with Crippen molar-refractivity contribution in [1.82, 2.24) is 4.31 Å². The molecule has 1 heterocycles. The van der Waals surface area contributed by atoms with E-state index in [1.54, 1.807) is 13.8 Å². The van der Waals surface area contributed by atoms with Crippen LogP contribution in [-0.4, -0.2) is 44.8 Å². The topological polar surface area (TPSA) is 92.8 Å². The van der Waals surface area contributed by atoms with E-state index in [1.165, 1.54) is 54.1 Å². The number of nitrogens with zero attached hydrogens (tertiary/aromatic N) is 1. The summed E-state index contributed by atoms with van der Waals surface area (Å²) in [6.07, 6.45) is 0. The molecule has 1 amide bonds. The summed E-state index contributed by atoms with van der Waals surface area (Å²) in [6.45, 7) is 3.56. The number of benzene rings is 2. The van der Waals surface area contributed by atoms with E-state index in [0.29, 0.717) is 10.6 Å². The molecule has 1 aromatic heterocycles. The van der Waals surface area contributed by atoms with E-state index in [4.69, 9.17) is 4.74 Å². The number of fused-ring (bicyclic) bond motifs is 1. The number of anilines is 1. The average Bonchev–Trinajstić information content (AvgIpc) is 3.11. The second-order valence-corrected chi connectivity index (χ2v) is 9.94. The Balaban J connectivity index is 1.91. The summed E-state index contributed by atoms with van der Waals surface area (Å²) in [5.41, 5.74) is 0.649. The summed E-state index contributed by atoms with van der Waals surface area (Å²) >= 11 is 1.23. The predicted octanol–water partition coefficient (Wildman–Crippen LogP) is 3.97. The van der Waals surface area contributed by atoms with Gasteiger partial charge in [0, 0.05) is 28.7 Å². The molecule has 3 rings (SSSR count). The van der Waals surface area contributed by atoms with E-state index >= 15 is 0 Å². The maximum absolute atomic E-state index is 12.8. The highest BCUT2D eigenvalue weighted by Gasteiger charge is 2.24. The number of esters is 1. The predicted molar refractivity (Wildman–Crippen MR) is 118 cm³/mol. The van der Waals surface area contributed by atoms with Gasteiger partial charge in [-0.3, -0.25) is 4.79 Å². The first kappa shape index (κ1) is 21.9. The highest BCUT2D eigenvalue weighted by Crippen LogP contribution is 2.36. The molecular weight excluding hydrogens is 424 g/mol. The number of nitrogens with one attached hydrogen (secondary N) is 1. The van der Waals surface area contributed by atoms with Gasteiger partial charge < -0.3 is 10.1 Å². The third kappa shape index (κ3) is 4.09. The monoisotopic (exact) mass is 446 g/mol. The van der Waals surface area contributed by atoms with Crippen LogP contribution in [0.5, 0.6) is 0 Å². The van der Waals surface area contributed by atoms with Gasteiger partial charge in [-0.15, -0.1) is 11.3 Å². The van der Waals surface area contributed by atoms with E-state index in [0.717, 1.165) is 10.1 Å². The smallest absolute Gasteiger partial charge is 0.350 e. The molecule has 0 saturated heterocycles. The molecule has 0 fully saturated rings. The Morgan fingerprint density at radius 2 is 1.70 bits per heavy atom. The minimum atomic E-state index is -3.64. The Morgan fingerprint density at radius 1 is 1.07 bits per heavy atom. The van der Waals surface area contributed by atoms with Gasteiger partial charge >= 0.3 is 5.97 Å². The van der Waals surface area contributed by atoms with E-state index < -0.39 is 21.9 Å². The standard InChI is InChI=1S/C21H22N2O5S2/c1-13(2)23(3)30(26,27)15-11-9-14(10-12-15)20(24)22-18-16-7-5-6-8-17(16)29-19(18)21(25)28-4/h5-13H,1-4H3,(H,22,24). The number of ether oxygens (including phenoxy) is 1. The molecule has 7 nitrogen and oxygen atoms in total. The van der Waals surface area contributed by atoms with Crippen molar-refractivity contribution in [2.75, 3.05) is 19.5 Å². The van der Waals surface area contributed by atoms with Gasteiger partial charge in [0.05, 0.1) is 17.7 Å². The van der Waals surface area contributed by atoms with Crippen LogP contribution in [0.15, 0.2) is 53.4 Å². The summed E-state index contributed by atoms with van der Waals surface area (Å²) in [5, 5.41) is 3.51. The largest absolute Gasteiger partial charge is 0.465 e. The number of carbonyl (C=O) groups is 2. The van der Waals surface area contributed by atoms with E-state index in [2.05, 4.69) is 5.32 Å². The van der Waals surface area contributed by atoms with Crippen molar-refractivity contribution in [2.45, 2.75) is 24.8 Å². The summed E-state index contributed by atoms with van der Waals surface area (Å²) in [6, 6.07) is 12.8. The number of rotatable bonds is 6. The van der Waals surface area contributed by atoms with Crippen LogP contribution in [-0.2, 0) is 14.8 Å². The molecule has 0 spiro atoms. The lowest BCUT2D eigenvalue weighted by Gasteiger charge is -2.21. The molecule has 0 aliphatic rings. The normalized spacial score (nSPS) is 11.8. The van der Waals surface area contributed by atoms with Crippen LogP contribution in [0.3, 0.4) is 0 Å². The minimum Gasteiger partial charge on any atom is -0.465 e. The molecule has 2 aromatic carbocycles. The van der Waals surface area contributed by atoms with Gasteiger partial charge in [0.25, 0.3) is 5.91 Å². The summed E-state index contributed by atoms with van der Waals surface area (Å²) in [7, 11) is -0.845. The zero-order valence-electron chi connectivity index (χ0n) is 17.0. The first-order valence-electron chi connectivity index (χ1n) is 9.16. The number of hydrogen-bond donors (Lipinski definition) is 1. The molecular formula is C21H22N2O5S2. The lowest BCUT2D eigenvalue weighted by Crippen LogP contribution is -2.33. The molecule has 0 saturated carbocycles. The number of methoxy groups -OCH3 is 1. The number of hydrogen-bond acceptors (Lipinski definition) is 6. The van der Waals surface area contributed by atoms with Crippen LogP contribution in [0.2, 0.25) is 0 Å². The van der Waals surface area contributed by atoms with Crippen molar-refractivity contribution in [2.24, 2.45) is 0 Å². The van der Waals surface area contributed by atoms with Gasteiger partial charge in [-0.1, -0.05) is 18.2 Å². The third-order valence-corrected chi connectivity index (χ3v) is 7.92. The number of amides is 1. The van der Waals surface area contributed by atoms with Gasteiger partial charge in [0.2, 0.25) is 10.0 Å². The van der Waals surface area contributed by atoms with Crippen molar-refractivity contribution < 1.29 is 22.7 Å². The summed E-state index contributed by atoms with van der Waals surface area (Å²) in [5.74, 6) is -0.991. The van der Waals surface area contributed by atoms with Gasteiger partial charge in [-0.25, -0.2) is 13.2 Å². The fourth-order valence-electron chi connectivity index (χ4n) is 2.81. The molecule has 0 atom stereocenters. The number of sulfonamides is 1. The van der Waals surface area contributed by atoms with Crippen molar-refractivity contribution in [3.63, 3.8) is 0 Å². The molecule has 0 aliphatic carbocycles. The van der Waals surface area contributed by atoms with Crippen LogP contribution in [0, 0.1) is 0 Å². The van der Waals surface area contributed by atoms with E-state index in [-0.39, 0.29) is 16.5 Å². The summed E-state index contributed by atoms with van der Waals surface area (Å²) in [4.78, 5) is 25.4. The van der Waals surface area contributed by atoms with E-state index in [1.807, 2.05) is 24.3 Å². The molecule has 0 bridgehead atoms. The van der Waals surface area contributed by atoms with Crippen LogP contribution in [0.4, 0.5) is 5.69 Å². The molecule has 3 aromatic rings. The van der Waals surface area contributed by atoms with Crippen molar-refractivity contribution in [3.05, 3.63) is 59.0 Å². The first-order valence-corrected chi connectivity index (χ1v) is 11.4. The van der Waals surface area contributed by atoms with Crippen LogP contribution in [0.1, 0.15) is 33.9 Å². The second kappa shape index (κ2) is 8.55. The molecule has 30 heavy (non-hydrogen) atoms. The average molecular weight is 447 g/mol. The molecule has 9 heteroatoms. The zero-order valence-corrected chi connectivity index (χ0v) is 18.6. The maximum atomic E-state index is 12.8. The van der Waals surface area contributed by atoms with Crippen molar-refractivity contribution >= 4 is 49.0 Å². The lowest BCUT2D eigenvalue weighted by atomic mass is 10.2.